The molecule has 1 aromatic heterocycles. The second kappa shape index (κ2) is 10.9. The first-order valence-corrected chi connectivity index (χ1v) is 11.8. The van der Waals surface area contributed by atoms with E-state index in [0.717, 1.165) is 49.7 Å². The SMILES string of the molecule is CC(=O)N1CCCCC1.NC(=O)c1c(-c2ccc(Oc3ccccc3)cc2)nn2c1NCCC2. The van der Waals surface area contributed by atoms with Crippen LogP contribution in [-0.4, -0.2) is 46.1 Å². The number of aromatic nitrogens is 2. The number of para-hydroxylation sites is 1. The third-order valence-electron chi connectivity index (χ3n) is 5.95. The fraction of sp³-hybridized carbons (Fsp3) is 0.346. The highest BCUT2D eigenvalue weighted by Crippen LogP contribution is 2.32. The van der Waals surface area contributed by atoms with Crippen LogP contribution in [0.1, 0.15) is 43.0 Å². The number of nitrogens with two attached hydrogens (primary N) is 1. The van der Waals surface area contributed by atoms with Gasteiger partial charge in [0.2, 0.25) is 5.91 Å². The summed E-state index contributed by atoms with van der Waals surface area (Å²) in [5.41, 5.74) is 7.47. The molecule has 5 rings (SSSR count). The van der Waals surface area contributed by atoms with Gasteiger partial charge < -0.3 is 20.7 Å². The van der Waals surface area contributed by atoms with E-state index in [-0.39, 0.29) is 5.91 Å². The lowest BCUT2D eigenvalue weighted by molar-refractivity contribution is -0.129. The monoisotopic (exact) mass is 461 g/mol. The van der Waals surface area contributed by atoms with Crippen LogP contribution < -0.4 is 15.8 Å². The molecule has 2 amide bonds. The molecule has 3 aromatic rings. The third-order valence-corrected chi connectivity index (χ3v) is 5.95. The van der Waals surface area contributed by atoms with Gasteiger partial charge in [-0.15, -0.1) is 0 Å². The normalized spacial score (nSPS) is 14.8. The maximum atomic E-state index is 11.9. The zero-order valence-corrected chi connectivity index (χ0v) is 19.5. The molecular weight excluding hydrogens is 430 g/mol. The van der Waals surface area contributed by atoms with Gasteiger partial charge in [0, 0.05) is 38.7 Å². The Kier molecular flexibility index (Phi) is 7.47. The van der Waals surface area contributed by atoms with Crippen LogP contribution in [0, 0.1) is 0 Å². The van der Waals surface area contributed by atoms with E-state index in [1.165, 1.54) is 19.3 Å². The van der Waals surface area contributed by atoms with Crippen LogP contribution in [0.4, 0.5) is 5.82 Å². The lowest BCUT2D eigenvalue weighted by Gasteiger charge is -2.24. The van der Waals surface area contributed by atoms with Crippen molar-refractivity contribution in [3.05, 3.63) is 60.2 Å². The molecule has 2 aliphatic heterocycles. The number of amides is 2. The van der Waals surface area contributed by atoms with Gasteiger partial charge in [-0.05, 0) is 62.1 Å². The minimum absolute atomic E-state index is 0.231. The van der Waals surface area contributed by atoms with Crippen LogP contribution in [0.3, 0.4) is 0 Å². The fourth-order valence-corrected chi connectivity index (χ4v) is 4.19. The summed E-state index contributed by atoms with van der Waals surface area (Å²) in [5.74, 6) is 1.95. The summed E-state index contributed by atoms with van der Waals surface area (Å²) in [7, 11) is 0. The molecule has 3 N–H and O–H groups in total. The van der Waals surface area contributed by atoms with Crippen molar-refractivity contribution in [3.63, 3.8) is 0 Å². The molecule has 1 fully saturated rings. The number of benzene rings is 2. The number of carbonyl (C=O) groups excluding carboxylic acids is 2. The zero-order chi connectivity index (χ0) is 23.9. The maximum Gasteiger partial charge on any atom is 0.254 e. The maximum absolute atomic E-state index is 11.9. The molecule has 0 spiro atoms. The van der Waals surface area contributed by atoms with E-state index in [4.69, 9.17) is 10.5 Å². The summed E-state index contributed by atoms with van der Waals surface area (Å²) in [6.45, 7) is 5.20. The van der Waals surface area contributed by atoms with E-state index in [1.54, 1.807) is 6.92 Å². The molecule has 3 heterocycles. The Morgan fingerprint density at radius 1 is 0.912 bits per heavy atom. The van der Waals surface area contributed by atoms with Gasteiger partial charge in [-0.2, -0.15) is 5.10 Å². The lowest BCUT2D eigenvalue weighted by Crippen LogP contribution is -2.33. The van der Waals surface area contributed by atoms with Crippen LogP contribution in [-0.2, 0) is 11.3 Å². The highest BCUT2D eigenvalue weighted by atomic mass is 16.5. The van der Waals surface area contributed by atoms with Crippen molar-refractivity contribution in [3.8, 4) is 22.8 Å². The molecule has 0 unspecified atom stereocenters. The van der Waals surface area contributed by atoms with Crippen molar-refractivity contribution in [1.29, 1.82) is 0 Å². The summed E-state index contributed by atoms with van der Waals surface area (Å²) in [5, 5.41) is 7.79. The van der Waals surface area contributed by atoms with Gasteiger partial charge in [-0.3, -0.25) is 9.59 Å². The molecule has 0 bridgehead atoms. The number of hydrogen-bond donors (Lipinski definition) is 2. The molecular formula is C26H31N5O3. The first-order valence-electron chi connectivity index (χ1n) is 11.8. The van der Waals surface area contributed by atoms with Crippen LogP contribution in [0.2, 0.25) is 0 Å². The standard InChI is InChI=1S/C19H18N4O2.C7H13NO/c20-18(24)16-17(22-23-12-4-11-21-19(16)23)13-7-9-15(10-8-13)25-14-5-2-1-3-6-14;1-7(9)8-5-3-2-4-6-8/h1-3,5-10,21H,4,11-12H2,(H2,20,24);2-6H2,1H3. The highest BCUT2D eigenvalue weighted by molar-refractivity contribution is 6.03. The lowest BCUT2D eigenvalue weighted by atomic mass is 10.1. The number of hydrogen-bond acceptors (Lipinski definition) is 5. The zero-order valence-electron chi connectivity index (χ0n) is 19.5. The van der Waals surface area contributed by atoms with Gasteiger partial charge in [0.05, 0.1) is 0 Å². The van der Waals surface area contributed by atoms with E-state index >= 15 is 0 Å². The number of carbonyl (C=O) groups is 2. The number of nitrogens with zero attached hydrogens (tertiary/aromatic N) is 3. The van der Waals surface area contributed by atoms with Crippen LogP contribution in [0.15, 0.2) is 54.6 Å². The van der Waals surface area contributed by atoms with E-state index in [1.807, 2.05) is 64.2 Å². The Morgan fingerprint density at radius 2 is 1.59 bits per heavy atom. The number of rotatable bonds is 4. The van der Waals surface area contributed by atoms with Crippen molar-refractivity contribution in [2.24, 2.45) is 5.73 Å². The predicted molar refractivity (Wildman–Crippen MR) is 132 cm³/mol. The number of nitrogens with one attached hydrogen (secondary N) is 1. The predicted octanol–water partition coefficient (Wildman–Crippen LogP) is 4.28. The molecule has 178 valence electrons. The van der Waals surface area contributed by atoms with Gasteiger partial charge >= 0.3 is 0 Å². The average Bonchev–Trinajstić information content (AvgIpc) is 3.26. The number of fused-ring (bicyclic) bond motifs is 1. The third kappa shape index (κ3) is 5.57. The number of anilines is 1. The number of primary amides is 1. The summed E-state index contributed by atoms with van der Waals surface area (Å²) in [6, 6.07) is 17.1. The average molecular weight is 462 g/mol. The Hall–Kier alpha value is -3.81. The minimum Gasteiger partial charge on any atom is -0.457 e. The van der Waals surface area contributed by atoms with Gasteiger partial charge in [0.15, 0.2) is 0 Å². The molecule has 0 radical (unpaired) electrons. The number of likely N-dealkylation sites (tertiary alicyclic amines) is 1. The van der Waals surface area contributed by atoms with E-state index in [2.05, 4.69) is 10.4 Å². The molecule has 0 saturated carbocycles. The number of piperidine rings is 1. The largest absolute Gasteiger partial charge is 0.457 e. The Balaban J connectivity index is 0.000000257. The molecule has 2 aliphatic rings. The summed E-state index contributed by atoms with van der Waals surface area (Å²) < 4.78 is 7.61. The summed E-state index contributed by atoms with van der Waals surface area (Å²) in [6.07, 6.45) is 4.65. The van der Waals surface area contributed by atoms with Gasteiger partial charge in [-0.1, -0.05) is 18.2 Å². The van der Waals surface area contributed by atoms with Gasteiger partial charge in [-0.25, -0.2) is 4.68 Å². The first-order chi connectivity index (χ1) is 16.5. The Morgan fingerprint density at radius 3 is 2.21 bits per heavy atom. The summed E-state index contributed by atoms with van der Waals surface area (Å²) in [4.78, 5) is 24.6. The Bertz CT molecular complexity index is 1120. The van der Waals surface area contributed by atoms with Crippen molar-refractivity contribution >= 4 is 17.6 Å². The first kappa shape index (κ1) is 23.4. The van der Waals surface area contributed by atoms with E-state index in [0.29, 0.717) is 17.1 Å². The second-order valence-electron chi connectivity index (χ2n) is 8.45. The molecule has 8 heteroatoms. The van der Waals surface area contributed by atoms with Crippen molar-refractivity contribution in [2.45, 2.75) is 39.2 Å². The smallest absolute Gasteiger partial charge is 0.254 e. The van der Waals surface area contributed by atoms with E-state index in [9.17, 15) is 9.59 Å². The van der Waals surface area contributed by atoms with E-state index < -0.39 is 5.91 Å². The van der Waals surface area contributed by atoms with Crippen molar-refractivity contribution in [2.75, 3.05) is 25.0 Å². The van der Waals surface area contributed by atoms with Crippen LogP contribution in [0.25, 0.3) is 11.3 Å². The molecule has 1 saturated heterocycles. The highest BCUT2D eigenvalue weighted by Gasteiger charge is 2.24. The summed E-state index contributed by atoms with van der Waals surface area (Å²) >= 11 is 0. The van der Waals surface area contributed by atoms with Crippen molar-refractivity contribution < 1.29 is 14.3 Å². The number of ether oxygens (including phenoxy) is 1. The minimum atomic E-state index is -0.477. The van der Waals surface area contributed by atoms with Crippen LogP contribution >= 0.6 is 0 Å². The quantitative estimate of drug-likeness (QED) is 0.604. The molecule has 8 nitrogen and oxygen atoms in total. The van der Waals surface area contributed by atoms with Gasteiger partial charge in [0.25, 0.3) is 5.91 Å². The topological polar surface area (TPSA) is 102 Å². The molecule has 0 aliphatic carbocycles. The number of aryl methyl sites for hydroxylation is 1. The molecule has 0 atom stereocenters. The van der Waals surface area contributed by atoms with Gasteiger partial charge in [0.1, 0.15) is 28.6 Å². The van der Waals surface area contributed by atoms with Crippen LogP contribution in [0.5, 0.6) is 11.5 Å². The second-order valence-corrected chi connectivity index (χ2v) is 8.45. The van der Waals surface area contributed by atoms with Crippen molar-refractivity contribution in [1.82, 2.24) is 14.7 Å². The Labute approximate surface area is 199 Å². The molecule has 2 aromatic carbocycles. The molecule has 34 heavy (non-hydrogen) atoms. The fourth-order valence-electron chi connectivity index (χ4n) is 4.19.